The third-order valence-corrected chi connectivity index (χ3v) is 2.34. The summed E-state index contributed by atoms with van der Waals surface area (Å²) < 4.78 is 0. The standard InChI is InChI=1S/C6H3Cl2N5S/c7-3-11-4(8)13-6(12-3)14-5-9-1-2-10-5/h1-2H,(H,9,10). The molecule has 72 valence electrons. The van der Waals surface area contributed by atoms with Gasteiger partial charge in [0.1, 0.15) is 0 Å². The molecular weight excluding hydrogens is 245 g/mol. The molecule has 0 aromatic carbocycles. The van der Waals surface area contributed by atoms with Gasteiger partial charge < -0.3 is 4.98 Å². The maximum atomic E-state index is 5.60. The van der Waals surface area contributed by atoms with E-state index in [9.17, 15) is 0 Å². The highest BCUT2D eigenvalue weighted by Crippen LogP contribution is 2.22. The molecule has 2 heterocycles. The largest absolute Gasteiger partial charge is 0.339 e. The summed E-state index contributed by atoms with van der Waals surface area (Å²) in [6.45, 7) is 0. The Morgan fingerprint density at radius 3 is 2.43 bits per heavy atom. The van der Waals surface area contributed by atoms with E-state index in [4.69, 9.17) is 23.2 Å². The van der Waals surface area contributed by atoms with Crippen molar-refractivity contribution in [3.63, 3.8) is 0 Å². The first kappa shape index (κ1) is 9.70. The lowest BCUT2D eigenvalue weighted by molar-refractivity contribution is 0.896. The van der Waals surface area contributed by atoms with Crippen LogP contribution in [0.1, 0.15) is 0 Å². The average molecular weight is 248 g/mol. The highest BCUT2D eigenvalue weighted by atomic mass is 35.5. The Morgan fingerprint density at radius 1 is 1.14 bits per heavy atom. The molecular formula is C6H3Cl2N5S. The lowest BCUT2D eigenvalue weighted by atomic mass is 11.0. The molecule has 14 heavy (non-hydrogen) atoms. The molecule has 2 aromatic rings. The van der Waals surface area contributed by atoms with Gasteiger partial charge in [-0.15, -0.1) is 0 Å². The van der Waals surface area contributed by atoms with Gasteiger partial charge in [-0.25, -0.2) is 4.98 Å². The third-order valence-electron chi connectivity index (χ3n) is 1.22. The van der Waals surface area contributed by atoms with Gasteiger partial charge in [-0.05, 0) is 35.0 Å². The number of halogens is 2. The van der Waals surface area contributed by atoms with E-state index in [1.54, 1.807) is 12.4 Å². The fraction of sp³-hybridized carbons (Fsp3) is 0. The van der Waals surface area contributed by atoms with Gasteiger partial charge in [-0.1, -0.05) is 0 Å². The zero-order valence-electron chi connectivity index (χ0n) is 6.61. The average Bonchev–Trinajstić information content (AvgIpc) is 2.54. The van der Waals surface area contributed by atoms with E-state index < -0.39 is 0 Å². The van der Waals surface area contributed by atoms with Crippen LogP contribution in [0.15, 0.2) is 22.7 Å². The molecule has 0 aliphatic rings. The van der Waals surface area contributed by atoms with Gasteiger partial charge in [-0.2, -0.15) is 15.0 Å². The van der Waals surface area contributed by atoms with Gasteiger partial charge in [0.15, 0.2) is 5.16 Å². The van der Waals surface area contributed by atoms with Crippen LogP contribution < -0.4 is 0 Å². The Kier molecular flexibility index (Phi) is 2.85. The molecule has 0 radical (unpaired) electrons. The number of nitrogens with zero attached hydrogens (tertiary/aromatic N) is 4. The number of rotatable bonds is 2. The first-order valence-corrected chi connectivity index (χ1v) is 5.05. The second kappa shape index (κ2) is 4.12. The Hall–Kier alpha value is -0.850. The summed E-state index contributed by atoms with van der Waals surface area (Å²) in [7, 11) is 0. The molecule has 0 atom stereocenters. The van der Waals surface area contributed by atoms with Crippen molar-refractivity contribution in [1.29, 1.82) is 0 Å². The van der Waals surface area contributed by atoms with E-state index in [1.807, 2.05) is 0 Å². The fourth-order valence-electron chi connectivity index (χ4n) is 0.748. The summed E-state index contributed by atoms with van der Waals surface area (Å²) in [5.41, 5.74) is 0. The SMILES string of the molecule is Clc1nc(Cl)nc(Sc2ncc[nH]2)n1. The molecule has 0 amide bonds. The molecule has 0 aliphatic heterocycles. The molecule has 0 saturated carbocycles. The van der Waals surface area contributed by atoms with Gasteiger partial charge in [0.05, 0.1) is 0 Å². The highest BCUT2D eigenvalue weighted by molar-refractivity contribution is 7.99. The van der Waals surface area contributed by atoms with E-state index in [1.165, 1.54) is 11.8 Å². The predicted octanol–water partition coefficient (Wildman–Crippen LogP) is 2.05. The van der Waals surface area contributed by atoms with Crippen molar-refractivity contribution < 1.29 is 0 Å². The van der Waals surface area contributed by atoms with Gasteiger partial charge in [0.2, 0.25) is 15.7 Å². The zero-order chi connectivity index (χ0) is 9.97. The van der Waals surface area contributed by atoms with Crippen LogP contribution >= 0.6 is 35.0 Å². The van der Waals surface area contributed by atoms with Crippen LogP contribution in [0.4, 0.5) is 0 Å². The van der Waals surface area contributed by atoms with Crippen molar-refractivity contribution in [1.82, 2.24) is 24.9 Å². The summed E-state index contributed by atoms with van der Waals surface area (Å²) in [4.78, 5) is 18.3. The number of H-pyrrole nitrogens is 1. The predicted molar refractivity (Wildman–Crippen MR) is 52.6 cm³/mol. The van der Waals surface area contributed by atoms with Crippen molar-refractivity contribution in [2.45, 2.75) is 10.3 Å². The molecule has 8 heteroatoms. The van der Waals surface area contributed by atoms with Crippen molar-refractivity contribution in [2.75, 3.05) is 0 Å². The van der Waals surface area contributed by atoms with Gasteiger partial charge >= 0.3 is 0 Å². The van der Waals surface area contributed by atoms with Crippen molar-refractivity contribution in [3.8, 4) is 0 Å². The van der Waals surface area contributed by atoms with E-state index in [-0.39, 0.29) is 10.6 Å². The van der Waals surface area contributed by atoms with E-state index in [0.717, 1.165) is 0 Å². The quantitative estimate of drug-likeness (QED) is 0.880. The van der Waals surface area contributed by atoms with Gasteiger partial charge in [-0.3, -0.25) is 0 Å². The minimum Gasteiger partial charge on any atom is -0.339 e. The number of nitrogens with one attached hydrogen (secondary N) is 1. The van der Waals surface area contributed by atoms with Crippen LogP contribution in [-0.4, -0.2) is 24.9 Å². The number of aromatic nitrogens is 5. The van der Waals surface area contributed by atoms with Crippen molar-refractivity contribution in [2.24, 2.45) is 0 Å². The number of hydrogen-bond donors (Lipinski definition) is 1. The van der Waals surface area contributed by atoms with Crippen LogP contribution in [0.3, 0.4) is 0 Å². The lowest BCUT2D eigenvalue weighted by Crippen LogP contribution is -1.91. The molecule has 0 spiro atoms. The maximum Gasteiger partial charge on any atom is 0.227 e. The molecule has 2 aromatic heterocycles. The Balaban J connectivity index is 2.25. The Bertz CT molecular complexity index is 412. The van der Waals surface area contributed by atoms with Crippen LogP contribution in [0.5, 0.6) is 0 Å². The molecule has 0 unspecified atom stereocenters. The summed E-state index contributed by atoms with van der Waals surface area (Å²) >= 11 is 12.4. The first-order valence-electron chi connectivity index (χ1n) is 3.48. The van der Waals surface area contributed by atoms with Gasteiger partial charge in [0, 0.05) is 12.4 Å². The van der Waals surface area contributed by atoms with Crippen LogP contribution in [0.2, 0.25) is 10.6 Å². The lowest BCUT2D eigenvalue weighted by Gasteiger charge is -1.96. The van der Waals surface area contributed by atoms with Gasteiger partial charge in [0.25, 0.3) is 0 Å². The second-order valence-corrected chi connectivity index (χ2v) is 3.78. The summed E-state index contributed by atoms with van der Waals surface area (Å²) in [5.74, 6) is 0. The second-order valence-electron chi connectivity index (χ2n) is 2.15. The first-order chi connectivity index (χ1) is 6.74. The Morgan fingerprint density at radius 2 is 1.86 bits per heavy atom. The minimum absolute atomic E-state index is 0.0686. The molecule has 0 saturated heterocycles. The molecule has 5 nitrogen and oxygen atoms in total. The van der Waals surface area contributed by atoms with E-state index in [2.05, 4.69) is 24.9 Å². The summed E-state index contributed by atoms with van der Waals surface area (Å²) in [6.07, 6.45) is 3.33. The number of imidazole rings is 1. The van der Waals surface area contributed by atoms with Crippen LogP contribution in [0.25, 0.3) is 0 Å². The summed E-state index contributed by atoms with van der Waals surface area (Å²) in [5, 5.41) is 1.21. The third kappa shape index (κ3) is 2.34. The number of hydrogen-bond acceptors (Lipinski definition) is 5. The zero-order valence-corrected chi connectivity index (χ0v) is 8.94. The van der Waals surface area contributed by atoms with Crippen LogP contribution in [-0.2, 0) is 0 Å². The fourth-order valence-corrected chi connectivity index (χ4v) is 1.89. The summed E-state index contributed by atoms with van der Waals surface area (Å²) in [6, 6.07) is 0. The smallest absolute Gasteiger partial charge is 0.227 e. The number of aromatic amines is 1. The topological polar surface area (TPSA) is 67.3 Å². The molecule has 0 aliphatic carbocycles. The van der Waals surface area contributed by atoms with Crippen molar-refractivity contribution >= 4 is 35.0 Å². The molecule has 0 fully saturated rings. The molecule has 1 N–H and O–H groups in total. The molecule has 0 bridgehead atoms. The Labute approximate surface area is 93.3 Å². The minimum atomic E-state index is 0.0686. The van der Waals surface area contributed by atoms with E-state index >= 15 is 0 Å². The monoisotopic (exact) mass is 247 g/mol. The van der Waals surface area contributed by atoms with Crippen LogP contribution in [0, 0.1) is 0 Å². The maximum absolute atomic E-state index is 5.60. The van der Waals surface area contributed by atoms with E-state index in [0.29, 0.717) is 10.3 Å². The normalized spacial score (nSPS) is 10.4. The van der Waals surface area contributed by atoms with Crippen molar-refractivity contribution in [3.05, 3.63) is 23.0 Å². The molecule has 2 rings (SSSR count). The highest BCUT2D eigenvalue weighted by Gasteiger charge is 2.06.